The summed E-state index contributed by atoms with van der Waals surface area (Å²) >= 11 is 12.1. The third-order valence-electron chi connectivity index (χ3n) is 2.62. The molecule has 4 heteroatoms. The van der Waals surface area contributed by atoms with Crippen molar-refractivity contribution >= 4 is 28.9 Å². The molecule has 2 rings (SSSR count). The normalized spacial score (nSPS) is 10.4. The number of hydrogen-bond donors (Lipinski definition) is 1. The Labute approximate surface area is 116 Å². The largest absolute Gasteiger partial charge is 0.454 e. The van der Waals surface area contributed by atoms with Gasteiger partial charge in [-0.3, -0.25) is 0 Å². The number of hydrogen-bond acceptors (Lipinski definition) is 2. The maximum absolute atomic E-state index is 6.06. The highest BCUT2D eigenvalue weighted by atomic mass is 35.5. The molecular weight excluding hydrogens is 269 g/mol. The van der Waals surface area contributed by atoms with Crippen LogP contribution in [-0.4, -0.2) is 0 Å². The molecule has 0 aliphatic carbocycles. The SMILES string of the molecule is CCc1cc(Oc2c(N)cccc2Cl)ccc1Cl. The van der Waals surface area contributed by atoms with E-state index in [0.717, 1.165) is 17.0 Å². The molecule has 2 aromatic carbocycles. The van der Waals surface area contributed by atoms with Crippen molar-refractivity contribution in [1.82, 2.24) is 0 Å². The van der Waals surface area contributed by atoms with Crippen LogP contribution in [0.3, 0.4) is 0 Å². The molecule has 0 atom stereocenters. The van der Waals surface area contributed by atoms with Gasteiger partial charge in [0.1, 0.15) is 5.75 Å². The van der Waals surface area contributed by atoms with E-state index in [9.17, 15) is 0 Å². The summed E-state index contributed by atoms with van der Waals surface area (Å²) in [5, 5.41) is 1.22. The lowest BCUT2D eigenvalue weighted by Crippen LogP contribution is -1.93. The van der Waals surface area contributed by atoms with Crippen molar-refractivity contribution in [2.75, 3.05) is 5.73 Å². The lowest BCUT2D eigenvalue weighted by atomic mass is 10.1. The number of rotatable bonds is 3. The molecule has 2 N–H and O–H groups in total. The molecule has 0 fully saturated rings. The van der Waals surface area contributed by atoms with Crippen LogP contribution in [0.15, 0.2) is 36.4 Å². The number of aryl methyl sites for hydroxylation is 1. The molecule has 0 aliphatic heterocycles. The van der Waals surface area contributed by atoms with Crippen LogP contribution >= 0.6 is 23.2 Å². The van der Waals surface area contributed by atoms with Crippen molar-refractivity contribution in [3.05, 3.63) is 52.0 Å². The zero-order valence-electron chi connectivity index (χ0n) is 9.91. The molecule has 0 saturated carbocycles. The highest BCUT2D eigenvalue weighted by molar-refractivity contribution is 6.32. The molecule has 0 unspecified atom stereocenters. The Bertz CT molecular complexity index is 549. The standard InChI is InChI=1S/C14H13Cl2NO/c1-2-9-8-10(6-7-11(9)15)18-14-12(16)4-3-5-13(14)17/h3-8H,2,17H2,1H3. The average Bonchev–Trinajstić information content (AvgIpc) is 2.36. The predicted molar refractivity (Wildman–Crippen MR) is 76.8 cm³/mol. The van der Waals surface area contributed by atoms with E-state index in [4.69, 9.17) is 33.7 Å². The number of nitrogens with two attached hydrogens (primary N) is 1. The fourth-order valence-electron chi connectivity index (χ4n) is 1.64. The molecule has 0 amide bonds. The summed E-state index contributed by atoms with van der Waals surface area (Å²) in [6.45, 7) is 2.04. The van der Waals surface area contributed by atoms with Crippen molar-refractivity contribution in [3.63, 3.8) is 0 Å². The number of nitrogen functional groups attached to an aromatic ring is 1. The van der Waals surface area contributed by atoms with E-state index < -0.39 is 0 Å². The Kier molecular flexibility index (Phi) is 4.00. The fraction of sp³-hybridized carbons (Fsp3) is 0.143. The quantitative estimate of drug-likeness (QED) is 0.810. The maximum Gasteiger partial charge on any atom is 0.168 e. The van der Waals surface area contributed by atoms with Gasteiger partial charge in [-0.05, 0) is 42.3 Å². The van der Waals surface area contributed by atoms with E-state index in [1.54, 1.807) is 24.3 Å². The second-order valence-corrected chi connectivity index (χ2v) is 4.68. The van der Waals surface area contributed by atoms with Gasteiger partial charge in [0.05, 0.1) is 10.7 Å². The van der Waals surface area contributed by atoms with Crippen LogP contribution in [0.1, 0.15) is 12.5 Å². The van der Waals surface area contributed by atoms with E-state index in [1.807, 2.05) is 19.1 Å². The van der Waals surface area contributed by atoms with Gasteiger partial charge in [0.25, 0.3) is 0 Å². The highest BCUT2D eigenvalue weighted by Crippen LogP contribution is 2.35. The van der Waals surface area contributed by atoms with Gasteiger partial charge < -0.3 is 10.5 Å². The lowest BCUT2D eigenvalue weighted by molar-refractivity contribution is 0.484. The van der Waals surface area contributed by atoms with Gasteiger partial charge in [0, 0.05) is 5.02 Å². The van der Waals surface area contributed by atoms with Crippen LogP contribution in [0.5, 0.6) is 11.5 Å². The molecule has 2 nitrogen and oxygen atoms in total. The van der Waals surface area contributed by atoms with Crippen molar-refractivity contribution < 1.29 is 4.74 Å². The summed E-state index contributed by atoms with van der Waals surface area (Å²) in [5.41, 5.74) is 7.37. The van der Waals surface area contributed by atoms with Gasteiger partial charge in [0.2, 0.25) is 0 Å². The molecule has 0 saturated heterocycles. The van der Waals surface area contributed by atoms with E-state index in [0.29, 0.717) is 22.2 Å². The van der Waals surface area contributed by atoms with E-state index in [1.165, 1.54) is 0 Å². The third kappa shape index (κ3) is 2.71. The Hall–Kier alpha value is -1.38. The average molecular weight is 282 g/mol. The van der Waals surface area contributed by atoms with Crippen LogP contribution in [0.4, 0.5) is 5.69 Å². The summed E-state index contributed by atoms with van der Waals surface area (Å²) < 4.78 is 5.72. The molecule has 0 bridgehead atoms. The van der Waals surface area contributed by atoms with Crippen molar-refractivity contribution in [2.45, 2.75) is 13.3 Å². The number of anilines is 1. The Morgan fingerprint density at radius 3 is 2.56 bits per heavy atom. The van der Waals surface area contributed by atoms with Gasteiger partial charge in [-0.2, -0.15) is 0 Å². The molecule has 0 heterocycles. The summed E-state index contributed by atoms with van der Waals surface area (Å²) in [4.78, 5) is 0. The molecule has 94 valence electrons. The number of para-hydroxylation sites is 1. The highest BCUT2D eigenvalue weighted by Gasteiger charge is 2.08. The first kappa shape index (κ1) is 13.1. The second kappa shape index (κ2) is 5.51. The third-order valence-corrected chi connectivity index (χ3v) is 3.28. The van der Waals surface area contributed by atoms with E-state index in [-0.39, 0.29) is 0 Å². The van der Waals surface area contributed by atoms with Gasteiger partial charge in [-0.25, -0.2) is 0 Å². The molecule has 0 aliphatic rings. The molecular formula is C14H13Cl2NO. The van der Waals surface area contributed by atoms with Crippen LogP contribution in [0.2, 0.25) is 10.0 Å². The Balaban J connectivity index is 2.34. The first-order valence-corrected chi connectivity index (χ1v) is 6.37. The molecule has 0 radical (unpaired) electrons. The maximum atomic E-state index is 6.06. The minimum absolute atomic E-state index is 0.476. The number of ether oxygens (including phenoxy) is 1. The molecule has 18 heavy (non-hydrogen) atoms. The second-order valence-electron chi connectivity index (χ2n) is 3.87. The Morgan fingerprint density at radius 2 is 1.89 bits per heavy atom. The summed E-state index contributed by atoms with van der Waals surface area (Å²) in [6, 6.07) is 10.8. The van der Waals surface area contributed by atoms with Crippen LogP contribution < -0.4 is 10.5 Å². The summed E-state index contributed by atoms with van der Waals surface area (Å²) in [6.07, 6.45) is 0.841. The topological polar surface area (TPSA) is 35.2 Å². The number of halogens is 2. The Morgan fingerprint density at radius 1 is 1.11 bits per heavy atom. The van der Waals surface area contributed by atoms with Crippen molar-refractivity contribution in [2.24, 2.45) is 0 Å². The minimum Gasteiger partial charge on any atom is -0.454 e. The fourth-order valence-corrected chi connectivity index (χ4v) is 2.11. The smallest absolute Gasteiger partial charge is 0.168 e. The predicted octanol–water partition coefficient (Wildman–Crippen LogP) is 4.93. The zero-order valence-corrected chi connectivity index (χ0v) is 11.4. The van der Waals surface area contributed by atoms with Gasteiger partial charge in [0.15, 0.2) is 5.75 Å². The van der Waals surface area contributed by atoms with E-state index >= 15 is 0 Å². The number of benzene rings is 2. The lowest BCUT2D eigenvalue weighted by Gasteiger charge is -2.11. The van der Waals surface area contributed by atoms with Crippen molar-refractivity contribution in [3.8, 4) is 11.5 Å². The first-order chi connectivity index (χ1) is 8.61. The molecule has 0 aromatic heterocycles. The van der Waals surface area contributed by atoms with Crippen LogP contribution in [0.25, 0.3) is 0 Å². The first-order valence-electron chi connectivity index (χ1n) is 5.62. The van der Waals surface area contributed by atoms with Gasteiger partial charge >= 0.3 is 0 Å². The minimum atomic E-state index is 0.476. The van der Waals surface area contributed by atoms with Gasteiger partial charge in [-0.1, -0.05) is 36.2 Å². The van der Waals surface area contributed by atoms with Gasteiger partial charge in [-0.15, -0.1) is 0 Å². The van der Waals surface area contributed by atoms with E-state index in [2.05, 4.69) is 0 Å². The van der Waals surface area contributed by atoms with Crippen LogP contribution in [-0.2, 0) is 6.42 Å². The monoisotopic (exact) mass is 281 g/mol. The molecule has 2 aromatic rings. The summed E-state index contributed by atoms with van der Waals surface area (Å²) in [7, 11) is 0. The zero-order chi connectivity index (χ0) is 13.1. The van der Waals surface area contributed by atoms with Crippen LogP contribution in [0, 0.1) is 0 Å². The molecule has 0 spiro atoms. The van der Waals surface area contributed by atoms with Crippen molar-refractivity contribution in [1.29, 1.82) is 0 Å². The summed E-state index contributed by atoms with van der Waals surface area (Å²) in [5.74, 6) is 1.15.